The average Bonchev–Trinajstić information content (AvgIpc) is 2.26. The van der Waals surface area contributed by atoms with Gasteiger partial charge in [0.05, 0.1) is 23.6 Å². The van der Waals surface area contributed by atoms with Gasteiger partial charge in [0.2, 0.25) is 0 Å². The molecule has 1 aromatic rings. The predicted octanol–water partition coefficient (Wildman–Crippen LogP) is 2.19. The van der Waals surface area contributed by atoms with Crippen LogP contribution < -0.4 is 4.74 Å². The molecule has 0 bridgehead atoms. The highest BCUT2D eigenvalue weighted by atomic mass is 35.5. The van der Waals surface area contributed by atoms with E-state index in [4.69, 9.17) is 21.4 Å². The lowest BCUT2D eigenvalue weighted by Crippen LogP contribution is -2.35. The fourth-order valence-electron chi connectivity index (χ4n) is 1.45. The minimum Gasteiger partial charge on any atom is -0.495 e. The number of benzene rings is 1. The molecule has 0 amide bonds. The number of alkyl halides is 3. The van der Waals surface area contributed by atoms with E-state index in [1.165, 1.54) is 25.3 Å². The fraction of sp³-hybridized carbons (Fsp3) is 0.455. The zero-order valence-corrected chi connectivity index (χ0v) is 11.9. The van der Waals surface area contributed by atoms with Gasteiger partial charge in [0, 0.05) is 0 Å². The summed E-state index contributed by atoms with van der Waals surface area (Å²) in [5.74, 6) is -1.72. The molecule has 0 aliphatic carbocycles. The lowest BCUT2D eigenvalue weighted by molar-refractivity contribution is -0.196. The Morgan fingerprint density at radius 3 is 2.45 bits per heavy atom. The Labute approximate surface area is 119 Å². The van der Waals surface area contributed by atoms with E-state index in [2.05, 4.69) is 0 Å². The second kappa shape index (κ2) is 6.19. The van der Waals surface area contributed by atoms with Crippen LogP contribution in [-0.4, -0.2) is 38.7 Å². The van der Waals surface area contributed by atoms with Gasteiger partial charge in [-0.05, 0) is 17.7 Å². The van der Waals surface area contributed by atoms with Crippen LogP contribution in [-0.2, 0) is 15.6 Å². The van der Waals surface area contributed by atoms with E-state index >= 15 is 0 Å². The Bertz CT molecular complexity index is 572. The van der Waals surface area contributed by atoms with Crippen LogP contribution in [0.3, 0.4) is 0 Å². The summed E-state index contributed by atoms with van der Waals surface area (Å²) in [5.41, 5.74) is 0.213. The molecule has 0 heterocycles. The van der Waals surface area contributed by atoms with E-state index in [-0.39, 0.29) is 10.6 Å². The molecular weight excluding hydrogens is 321 g/mol. The van der Waals surface area contributed by atoms with Gasteiger partial charge in [-0.2, -0.15) is 13.2 Å². The topological polar surface area (TPSA) is 63.6 Å². The lowest BCUT2D eigenvalue weighted by Gasteiger charge is -2.14. The van der Waals surface area contributed by atoms with Gasteiger partial charge >= 0.3 is 6.18 Å². The van der Waals surface area contributed by atoms with Crippen molar-refractivity contribution in [3.8, 4) is 5.75 Å². The van der Waals surface area contributed by atoms with Crippen LogP contribution in [0.5, 0.6) is 5.75 Å². The van der Waals surface area contributed by atoms with Gasteiger partial charge < -0.3 is 9.84 Å². The third-order valence-electron chi connectivity index (χ3n) is 2.39. The minimum absolute atomic E-state index is 0.150. The van der Waals surface area contributed by atoms with Gasteiger partial charge in [0.15, 0.2) is 15.9 Å². The molecule has 1 rings (SSSR count). The molecular formula is C11H12ClF3O4S. The largest absolute Gasteiger partial charge is 0.495 e. The highest BCUT2D eigenvalue weighted by Crippen LogP contribution is 2.27. The van der Waals surface area contributed by atoms with E-state index in [0.29, 0.717) is 5.75 Å². The van der Waals surface area contributed by atoms with Crippen molar-refractivity contribution >= 4 is 21.4 Å². The summed E-state index contributed by atoms with van der Waals surface area (Å²) in [6, 6.07) is 4.08. The molecule has 0 aliphatic heterocycles. The smallest absolute Gasteiger partial charge is 0.415 e. The second-order valence-electron chi connectivity index (χ2n) is 4.08. The molecule has 20 heavy (non-hydrogen) atoms. The van der Waals surface area contributed by atoms with Crippen molar-refractivity contribution in [2.24, 2.45) is 0 Å². The first-order valence-corrected chi connectivity index (χ1v) is 7.53. The van der Waals surface area contributed by atoms with E-state index in [1.54, 1.807) is 0 Å². The van der Waals surface area contributed by atoms with Gasteiger partial charge in [-0.15, -0.1) is 0 Å². The monoisotopic (exact) mass is 332 g/mol. The molecule has 0 fully saturated rings. The van der Waals surface area contributed by atoms with Crippen molar-refractivity contribution < 1.29 is 31.4 Å². The molecule has 1 unspecified atom stereocenters. The van der Waals surface area contributed by atoms with Crippen LogP contribution in [0.1, 0.15) is 5.56 Å². The summed E-state index contributed by atoms with van der Waals surface area (Å²) < 4.78 is 64.4. The van der Waals surface area contributed by atoms with Crippen LogP contribution in [0.25, 0.3) is 0 Å². The Balaban J connectivity index is 2.84. The zero-order chi connectivity index (χ0) is 15.6. The standard InChI is InChI=1S/C11H12ClF3O4S/c1-19-9-3-2-7(4-8(9)12)5-20(17,18)6-10(16)11(13,14)15/h2-4,10,16H,5-6H2,1H3. The third kappa shape index (κ3) is 4.84. The molecule has 0 aliphatic rings. The quantitative estimate of drug-likeness (QED) is 0.897. The lowest BCUT2D eigenvalue weighted by atomic mass is 10.2. The SMILES string of the molecule is COc1ccc(CS(=O)(=O)CC(O)C(F)(F)F)cc1Cl. The fourth-order valence-corrected chi connectivity index (χ4v) is 3.20. The zero-order valence-electron chi connectivity index (χ0n) is 10.3. The van der Waals surface area contributed by atoms with Gasteiger partial charge in [-0.3, -0.25) is 0 Å². The molecule has 4 nitrogen and oxygen atoms in total. The van der Waals surface area contributed by atoms with Crippen LogP contribution in [0.15, 0.2) is 18.2 Å². The first-order valence-electron chi connectivity index (χ1n) is 5.33. The molecule has 0 saturated carbocycles. The predicted molar refractivity (Wildman–Crippen MR) is 67.6 cm³/mol. The Morgan fingerprint density at radius 2 is 2.00 bits per heavy atom. The Kier molecular flexibility index (Phi) is 5.28. The molecule has 0 spiro atoms. The first kappa shape index (κ1) is 17.1. The van der Waals surface area contributed by atoms with Crippen molar-refractivity contribution in [3.63, 3.8) is 0 Å². The van der Waals surface area contributed by atoms with Gasteiger partial charge in [0.25, 0.3) is 0 Å². The van der Waals surface area contributed by atoms with E-state index < -0.39 is 33.6 Å². The highest BCUT2D eigenvalue weighted by molar-refractivity contribution is 7.90. The number of hydrogen-bond donors (Lipinski definition) is 1. The van der Waals surface area contributed by atoms with Gasteiger partial charge in [0.1, 0.15) is 5.75 Å². The van der Waals surface area contributed by atoms with Crippen molar-refractivity contribution in [1.82, 2.24) is 0 Å². The number of sulfone groups is 1. The molecule has 0 aromatic heterocycles. The number of methoxy groups -OCH3 is 1. The summed E-state index contributed by atoms with van der Waals surface area (Å²) >= 11 is 5.79. The van der Waals surface area contributed by atoms with Crippen LogP contribution in [0.2, 0.25) is 5.02 Å². The highest BCUT2D eigenvalue weighted by Gasteiger charge is 2.41. The second-order valence-corrected chi connectivity index (χ2v) is 6.60. The third-order valence-corrected chi connectivity index (χ3v) is 4.28. The summed E-state index contributed by atoms with van der Waals surface area (Å²) in [7, 11) is -2.75. The van der Waals surface area contributed by atoms with E-state index in [0.717, 1.165) is 0 Å². The first-order chi connectivity index (χ1) is 9.05. The number of aliphatic hydroxyl groups is 1. The Hall–Kier alpha value is -0.990. The molecule has 1 aromatic carbocycles. The molecule has 9 heteroatoms. The average molecular weight is 333 g/mol. The van der Waals surface area contributed by atoms with Crippen LogP contribution >= 0.6 is 11.6 Å². The maximum absolute atomic E-state index is 12.1. The summed E-state index contributed by atoms with van der Waals surface area (Å²) in [4.78, 5) is 0. The minimum atomic E-state index is -4.97. The van der Waals surface area contributed by atoms with E-state index in [9.17, 15) is 21.6 Å². The maximum atomic E-state index is 12.1. The Morgan fingerprint density at radius 1 is 1.40 bits per heavy atom. The van der Waals surface area contributed by atoms with Crippen molar-refractivity contribution in [3.05, 3.63) is 28.8 Å². The summed E-state index contributed by atoms with van der Waals surface area (Å²) in [6.07, 6.45) is -7.87. The molecule has 0 radical (unpaired) electrons. The normalized spacial score (nSPS) is 14.1. The van der Waals surface area contributed by atoms with Gasteiger partial charge in [-0.1, -0.05) is 17.7 Å². The number of halogens is 4. The molecule has 1 atom stereocenters. The van der Waals surface area contributed by atoms with Crippen molar-refractivity contribution in [2.45, 2.75) is 18.0 Å². The van der Waals surface area contributed by atoms with Gasteiger partial charge in [-0.25, -0.2) is 8.42 Å². The maximum Gasteiger partial charge on any atom is 0.415 e. The summed E-state index contributed by atoms with van der Waals surface area (Å²) in [5, 5.41) is 8.94. The molecule has 0 saturated heterocycles. The number of ether oxygens (including phenoxy) is 1. The molecule has 114 valence electrons. The van der Waals surface area contributed by atoms with Crippen molar-refractivity contribution in [2.75, 3.05) is 12.9 Å². The number of aliphatic hydroxyl groups excluding tert-OH is 1. The van der Waals surface area contributed by atoms with E-state index in [1.807, 2.05) is 0 Å². The number of rotatable bonds is 5. The number of hydrogen-bond acceptors (Lipinski definition) is 4. The van der Waals surface area contributed by atoms with Crippen LogP contribution in [0.4, 0.5) is 13.2 Å². The summed E-state index contributed by atoms with van der Waals surface area (Å²) in [6.45, 7) is 0. The molecule has 1 N–H and O–H groups in total. The van der Waals surface area contributed by atoms with Crippen molar-refractivity contribution in [1.29, 1.82) is 0 Å². The van der Waals surface area contributed by atoms with Crippen LogP contribution in [0, 0.1) is 0 Å².